The summed E-state index contributed by atoms with van der Waals surface area (Å²) in [6, 6.07) is 12.7. The second-order valence-electron chi connectivity index (χ2n) is 4.93. The standard InChI is InChI=1S/C16H15ClN2O4/c17-13-7-5-11(6-8-13)15(20)10-18-16(21)9-12-3-1-2-4-14(12)19(22)23/h1-8,15,20H,9-10H2,(H,18,21). The van der Waals surface area contributed by atoms with Crippen LogP contribution in [0.25, 0.3) is 0 Å². The van der Waals surface area contributed by atoms with E-state index < -0.39 is 16.9 Å². The first-order chi connectivity index (χ1) is 11.0. The molecule has 0 aliphatic carbocycles. The minimum absolute atomic E-state index is 0.0150. The van der Waals surface area contributed by atoms with E-state index in [1.807, 2.05) is 0 Å². The van der Waals surface area contributed by atoms with Crippen molar-refractivity contribution < 1.29 is 14.8 Å². The molecule has 2 rings (SSSR count). The van der Waals surface area contributed by atoms with Crippen molar-refractivity contribution in [3.63, 3.8) is 0 Å². The fourth-order valence-corrected chi connectivity index (χ4v) is 2.21. The van der Waals surface area contributed by atoms with E-state index in [9.17, 15) is 20.0 Å². The predicted octanol–water partition coefficient (Wildman–Crippen LogP) is 2.64. The van der Waals surface area contributed by atoms with Gasteiger partial charge in [-0.3, -0.25) is 14.9 Å². The summed E-state index contributed by atoms with van der Waals surface area (Å²) >= 11 is 5.77. The Morgan fingerprint density at radius 3 is 2.52 bits per heavy atom. The lowest BCUT2D eigenvalue weighted by Crippen LogP contribution is -2.29. The van der Waals surface area contributed by atoms with Crippen LogP contribution in [0.15, 0.2) is 48.5 Å². The maximum absolute atomic E-state index is 11.9. The molecule has 7 heteroatoms. The van der Waals surface area contributed by atoms with Crippen molar-refractivity contribution in [2.45, 2.75) is 12.5 Å². The number of benzene rings is 2. The third-order valence-electron chi connectivity index (χ3n) is 3.29. The first-order valence-electron chi connectivity index (χ1n) is 6.90. The molecule has 6 nitrogen and oxygen atoms in total. The van der Waals surface area contributed by atoms with E-state index >= 15 is 0 Å². The van der Waals surface area contributed by atoms with Crippen molar-refractivity contribution in [2.75, 3.05) is 6.54 Å². The lowest BCUT2D eigenvalue weighted by molar-refractivity contribution is -0.385. The van der Waals surface area contributed by atoms with Gasteiger partial charge in [-0.15, -0.1) is 0 Å². The minimum atomic E-state index is -0.873. The number of nitro groups is 1. The van der Waals surface area contributed by atoms with Gasteiger partial charge < -0.3 is 10.4 Å². The smallest absolute Gasteiger partial charge is 0.273 e. The molecule has 0 radical (unpaired) electrons. The van der Waals surface area contributed by atoms with Crippen LogP contribution in [-0.4, -0.2) is 22.5 Å². The minimum Gasteiger partial charge on any atom is -0.387 e. The molecular weight excluding hydrogens is 320 g/mol. The fraction of sp³-hybridized carbons (Fsp3) is 0.188. The lowest BCUT2D eigenvalue weighted by Gasteiger charge is -2.12. The van der Waals surface area contributed by atoms with Crippen LogP contribution >= 0.6 is 11.6 Å². The van der Waals surface area contributed by atoms with Crippen LogP contribution in [0, 0.1) is 10.1 Å². The summed E-state index contributed by atoms with van der Waals surface area (Å²) in [7, 11) is 0. The normalized spacial score (nSPS) is 11.7. The van der Waals surface area contributed by atoms with Gasteiger partial charge in [-0.05, 0) is 17.7 Å². The maximum atomic E-state index is 11.9. The van der Waals surface area contributed by atoms with Gasteiger partial charge in [0.25, 0.3) is 5.69 Å². The molecule has 0 heterocycles. The van der Waals surface area contributed by atoms with E-state index in [0.717, 1.165) is 0 Å². The number of nitrogens with zero attached hydrogens (tertiary/aromatic N) is 1. The molecule has 1 atom stereocenters. The molecule has 2 N–H and O–H groups in total. The monoisotopic (exact) mass is 334 g/mol. The van der Waals surface area contributed by atoms with Crippen LogP contribution in [0.5, 0.6) is 0 Å². The fourth-order valence-electron chi connectivity index (χ4n) is 2.09. The number of hydrogen-bond acceptors (Lipinski definition) is 4. The Morgan fingerprint density at radius 1 is 1.22 bits per heavy atom. The van der Waals surface area contributed by atoms with Crippen LogP contribution in [0.2, 0.25) is 5.02 Å². The van der Waals surface area contributed by atoms with Crippen LogP contribution in [0.4, 0.5) is 5.69 Å². The maximum Gasteiger partial charge on any atom is 0.273 e. The van der Waals surface area contributed by atoms with E-state index in [1.165, 1.54) is 12.1 Å². The van der Waals surface area contributed by atoms with E-state index in [1.54, 1.807) is 36.4 Å². The molecule has 0 aliphatic rings. The van der Waals surface area contributed by atoms with Crippen molar-refractivity contribution in [3.8, 4) is 0 Å². The summed E-state index contributed by atoms with van der Waals surface area (Å²) in [6.45, 7) is 0.0150. The van der Waals surface area contributed by atoms with Crippen molar-refractivity contribution in [3.05, 3.63) is 74.8 Å². The zero-order valence-corrected chi connectivity index (χ0v) is 12.9. The van der Waals surface area contributed by atoms with E-state index in [-0.39, 0.29) is 18.7 Å². The highest BCUT2D eigenvalue weighted by molar-refractivity contribution is 6.30. The molecule has 1 amide bonds. The number of amides is 1. The predicted molar refractivity (Wildman–Crippen MR) is 86.2 cm³/mol. The number of para-hydroxylation sites is 1. The molecule has 2 aromatic rings. The molecule has 0 bridgehead atoms. The highest BCUT2D eigenvalue weighted by Crippen LogP contribution is 2.18. The highest BCUT2D eigenvalue weighted by Gasteiger charge is 2.16. The van der Waals surface area contributed by atoms with E-state index in [4.69, 9.17) is 11.6 Å². The Morgan fingerprint density at radius 2 is 1.87 bits per heavy atom. The highest BCUT2D eigenvalue weighted by atomic mass is 35.5. The molecule has 0 saturated heterocycles. The Hall–Kier alpha value is -2.44. The molecule has 23 heavy (non-hydrogen) atoms. The summed E-state index contributed by atoms with van der Waals surface area (Å²) in [5, 5.41) is 24.0. The molecule has 0 spiro atoms. The summed E-state index contributed by atoms with van der Waals surface area (Å²) in [5.41, 5.74) is 0.859. The quantitative estimate of drug-likeness (QED) is 0.627. The van der Waals surface area contributed by atoms with Crippen LogP contribution in [-0.2, 0) is 11.2 Å². The number of nitro benzene ring substituents is 1. The van der Waals surface area contributed by atoms with Gasteiger partial charge in [-0.1, -0.05) is 41.9 Å². The Kier molecular flexibility index (Phi) is 5.67. The molecule has 120 valence electrons. The number of rotatable bonds is 6. The van der Waals surface area contributed by atoms with Crippen LogP contribution in [0.1, 0.15) is 17.2 Å². The molecule has 1 unspecified atom stereocenters. The van der Waals surface area contributed by atoms with Gasteiger partial charge in [0.05, 0.1) is 17.4 Å². The number of carbonyl (C=O) groups is 1. The molecule has 0 fully saturated rings. The van der Waals surface area contributed by atoms with Crippen molar-refractivity contribution in [1.29, 1.82) is 0 Å². The van der Waals surface area contributed by atoms with Gasteiger partial charge >= 0.3 is 0 Å². The number of hydrogen-bond donors (Lipinski definition) is 2. The topological polar surface area (TPSA) is 92.5 Å². The molecular formula is C16H15ClN2O4. The molecule has 0 aromatic heterocycles. The van der Waals surface area contributed by atoms with E-state index in [0.29, 0.717) is 16.1 Å². The third kappa shape index (κ3) is 4.77. The second-order valence-corrected chi connectivity index (χ2v) is 5.37. The number of aliphatic hydroxyl groups is 1. The Labute approximate surface area is 137 Å². The summed E-state index contributed by atoms with van der Waals surface area (Å²) in [4.78, 5) is 22.3. The van der Waals surface area contributed by atoms with Gasteiger partial charge in [0.2, 0.25) is 5.91 Å². The number of nitrogens with one attached hydrogen (secondary N) is 1. The van der Waals surface area contributed by atoms with Gasteiger partial charge in [0, 0.05) is 23.2 Å². The van der Waals surface area contributed by atoms with Crippen molar-refractivity contribution in [1.82, 2.24) is 5.32 Å². The molecule has 0 saturated carbocycles. The van der Waals surface area contributed by atoms with Gasteiger partial charge in [0.15, 0.2) is 0 Å². The summed E-state index contributed by atoms with van der Waals surface area (Å²) in [5.74, 6) is -0.396. The van der Waals surface area contributed by atoms with Crippen LogP contribution in [0.3, 0.4) is 0 Å². The summed E-state index contributed by atoms with van der Waals surface area (Å²) in [6.07, 6.45) is -0.994. The zero-order chi connectivity index (χ0) is 16.8. The van der Waals surface area contributed by atoms with Crippen molar-refractivity contribution in [2.24, 2.45) is 0 Å². The Balaban J connectivity index is 1.93. The zero-order valence-electron chi connectivity index (χ0n) is 12.1. The van der Waals surface area contributed by atoms with E-state index in [2.05, 4.69) is 5.32 Å². The number of carbonyl (C=O) groups excluding carboxylic acids is 1. The largest absolute Gasteiger partial charge is 0.387 e. The SMILES string of the molecule is O=C(Cc1ccccc1[N+](=O)[O-])NCC(O)c1ccc(Cl)cc1. The average Bonchev–Trinajstić information content (AvgIpc) is 2.53. The molecule has 0 aliphatic heterocycles. The first kappa shape index (κ1) is 16.9. The number of halogens is 1. The van der Waals surface area contributed by atoms with Gasteiger partial charge in [0.1, 0.15) is 0 Å². The van der Waals surface area contributed by atoms with Crippen molar-refractivity contribution >= 4 is 23.2 Å². The third-order valence-corrected chi connectivity index (χ3v) is 3.54. The average molecular weight is 335 g/mol. The first-order valence-corrected chi connectivity index (χ1v) is 7.27. The van der Waals surface area contributed by atoms with Gasteiger partial charge in [-0.2, -0.15) is 0 Å². The van der Waals surface area contributed by atoms with Gasteiger partial charge in [-0.25, -0.2) is 0 Å². The lowest BCUT2D eigenvalue weighted by atomic mass is 10.1. The second kappa shape index (κ2) is 7.71. The molecule has 2 aromatic carbocycles. The number of aliphatic hydroxyl groups excluding tert-OH is 1. The Bertz CT molecular complexity index is 703. The summed E-state index contributed by atoms with van der Waals surface area (Å²) < 4.78 is 0. The van der Waals surface area contributed by atoms with Crippen LogP contribution < -0.4 is 5.32 Å².